The Morgan fingerprint density at radius 1 is 1.57 bits per heavy atom. The molecule has 0 saturated carbocycles. The fraction of sp³-hybridized carbons (Fsp3) is 0.556. The van der Waals surface area contributed by atoms with Crippen molar-refractivity contribution < 1.29 is 0 Å². The summed E-state index contributed by atoms with van der Waals surface area (Å²) in [6, 6.07) is 0. The van der Waals surface area contributed by atoms with Gasteiger partial charge in [-0.15, -0.1) is 0 Å². The van der Waals surface area contributed by atoms with E-state index in [1.807, 2.05) is 14.0 Å². The lowest BCUT2D eigenvalue weighted by atomic mass is 10.3. The van der Waals surface area contributed by atoms with Gasteiger partial charge in [-0.25, -0.2) is 10.8 Å². The molecule has 0 atom stereocenters. The van der Waals surface area contributed by atoms with Crippen molar-refractivity contribution in [2.45, 2.75) is 20.3 Å². The van der Waals surface area contributed by atoms with E-state index in [2.05, 4.69) is 27.2 Å². The molecule has 1 rings (SSSR count). The molecule has 0 radical (unpaired) electrons. The third kappa shape index (κ3) is 2.32. The Bertz CT molecular complexity index is 299. The Morgan fingerprint density at radius 3 is 2.86 bits per heavy atom. The summed E-state index contributed by atoms with van der Waals surface area (Å²) >= 11 is 0. The second-order valence-corrected chi connectivity index (χ2v) is 3.27. The fourth-order valence-corrected chi connectivity index (χ4v) is 1.33. The predicted molar refractivity (Wildman–Crippen MR) is 58.1 cm³/mol. The van der Waals surface area contributed by atoms with E-state index in [0.717, 1.165) is 24.3 Å². The van der Waals surface area contributed by atoms with Crippen molar-refractivity contribution in [1.82, 2.24) is 9.97 Å². The van der Waals surface area contributed by atoms with Crippen molar-refractivity contribution in [2.75, 3.05) is 23.9 Å². The van der Waals surface area contributed by atoms with Gasteiger partial charge in [0.05, 0.1) is 0 Å². The molecule has 1 aromatic rings. The van der Waals surface area contributed by atoms with E-state index in [9.17, 15) is 0 Å². The Balaban J connectivity index is 2.93. The van der Waals surface area contributed by atoms with E-state index in [1.165, 1.54) is 0 Å². The molecule has 5 nitrogen and oxygen atoms in total. The smallest absolute Gasteiger partial charge is 0.239 e. The highest BCUT2D eigenvalue weighted by molar-refractivity contribution is 5.47. The SMILES string of the molecule is CCCN(C)c1nc(NN)ncc1C. The number of nitrogen functional groups attached to an aromatic ring is 1. The van der Waals surface area contributed by atoms with Gasteiger partial charge in [0.25, 0.3) is 0 Å². The molecule has 1 heterocycles. The van der Waals surface area contributed by atoms with E-state index < -0.39 is 0 Å². The first kappa shape index (κ1) is 10.7. The largest absolute Gasteiger partial charge is 0.359 e. The molecule has 0 saturated heterocycles. The zero-order chi connectivity index (χ0) is 10.6. The van der Waals surface area contributed by atoms with Crippen molar-refractivity contribution in [2.24, 2.45) is 5.84 Å². The minimum Gasteiger partial charge on any atom is -0.359 e. The van der Waals surface area contributed by atoms with Gasteiger partial charge < -0.3 is 4.90 Å². The number of hydrazine groups is 1. The zero-order valence-electron chi connectivity index (χ0n) is 8.91. The van der Waals surface area contributed by atoms with E-state index >= 15 is 0 Å². The molecule has 0 aliphatic carbocycles. The van der Waals surface area contributed by atoms with Gasteiger partial charge in [0.15, 0.2) is 0 Å². The molecule has 5 heteroatoms. The van der Waals surface area contributed by atoms with Crippen LogP contribution in [0.1, 0.15) is 18.9 Å². The average Bonchev–Trinajstić information content (AvgIpc) is 2.19. The number of rotatable bonds is 4. The van der Waals surface area contributed by atoms with Crippen LogP contribution in [0.15, 0.2) is 6.20 Å². The molecule has 0 unspecified atom stereocenters. The Morgan fingerprint density at radius 2 is 2.29 bits per heavy atom. The summed E-state index contributed by atoms with van der Waals surface area (Å²) in [5, 5.41) is 0. The lowest BCUT2D eigenvalue weighted by Gasteiger charge is -2.19. The van der Waals surface area contributed by atoms with Crippen LogP contribution in [-0.2, 0) is 0 Å². The molecule has 1 aromatic heterocycles. The maximum atomic E-state index is 5.25. The van der Waals surface area contributed by atoms with Crippen LogP contribution in [0.3, 0.4) is 0 Å². The molecule has 0 amide bonds. The molecule has 0 spiro atoms. The topological polar surface area (TPSA) is 67.1 Å². The zero-order valence-corrected chi connectivity index (χ0v) is 8.91. The molecular weight excluding hydrogens is 178 g/mol. The third-order valence-corrected chi connectivity index (χ3v) is 1.99. The maximum absolute atomic E-state index is 5.25. The first-order valence-electron chi connectivity index (χ1n) is 4.70. The summed E-state index contributed by atoms with van der Waals surface area (Å²) in [4.78, 5) is 10.4. The third-order valence-electron chi connectivity index (χ3n) is 1.99. The van der Waals surface area contributed by atoms with E-state index in [0.29, 0.717) is 5.95 Å². The number of anilines is 2. The number of nitrogens with one attached hydrogen (secondary N) is 1. The number of hydrogen-bond donors (Lipinski definition) is 2. The highest BCUT2D eigenvalue weighted by Gasteiger charge is 2.06. The van der Waals surface area contributed by atoms with Crippen molar-refractivity contribution in [1.29, 1.82) is 0 Å². The van der Waals surface area contributed by atoms with Gasteiger partial charge in [-0.1, -0.05) is 6.92 Å². The molecule has 0 fully saturated rings. The Kier molecular flexibility index (Phi) is 3.64. The summed E-state index contributed by atoms with van der Waals surface area (Å²) < 4.78 is 0. The van der Waals surface area contributed by atoms with E-state index in [1.54, 1.807) is 6.20 Å². The van der Waals surface area contributed by atoms with Crippen molar-refractivity contribution >= 4 is 11.8 Å². The normalized spacial score (nSPS) is 10.0. The molecule has 0 aliphatic rings. The van der Waals surface area contributed by atoms with Gasteiger partial charge >= 0.3 is 0 Å². The summed E-state index contributed by atoms with van der Waals surface area (Å²) in [7, 11) is 2.01. The summed E-state index contributed by atoms with van der Waals surface area (Å²) in [6.07, 6.45) is 2.86. The fourth-order valence-electron chi connectivity index (χ4n) is 1.33. The lowest BCUT2D eigenvalue weighted by Crippen LogP contribution is -2.21. The van der Waals surface area contributed by atoms with Crippen LogP contribution in [0.4, 0.5) is 11.8 Å². The van der Waals surface area contributed by atoms with Gasteiger partial charge in [0.2, 0.25) is 5.95 Å². The number of aromatic nitrogens is 2. The van der Waals surface area contributed by atoms with Crippen molar-refractivity contribution in [3.8, 4) is 0 Å². The molecule has 0 bridgehead atoms. The van der Waals surface area contributed by atoms with E-state index in [4.69, 9.17) is 5.84 Å². The Hall–Kier alpha value is -1.36. The van der Waals surface area contributed by atoms with Gasteiger partial charge in [-0.3, -0.25) is 5.43 Å². The first-order chi connectivity index (χ1) is 6.69. The van der Waals surface area contributed by atoms with Crippen molar-refractivity contribution in [3.63, 3.8) is 0 Å². The minimum absolute atomic E-state index is 0.452. The average molecular weight is 195 g/mol. The number of nitrogens with two attached hydrogens (primary N) is 1. The molecule has 78 valence electrons. The molecule has 0 aromatic carbocycles. The molecular formula is C9H17N5. The first-order valence-corrected chi connectivity index (χ1v) is 4.70. The van der Waals surface area contributed by atoms with Gasteiger partial charge in [-0.05, 0) is 13.3 Å². The molecule has 0 aliphatic heterocycles. The van der Waals surface area contributed by atoms with Crippen LogP contribution in [0.25, 0.3) is 0 Å². The summed E-state index contributed by atoms with van der Waals surface area (Å²) in [6.45, 7) is 5.10. The second-order valence-electron chi connectivity index (χ2n) is 3.27. The second kappa shape index (κ2) is 4.76. The van der Waals surface area contributed by atoms with Crippen LogP contribution in [0.5, 0.6) is 0 Å². The standard InChI is InChI=1S/C9H17N5/c1-4-5-14(3)8-7(2)6-11-9(12-8)13-10/h6H,4-5,10H2,1-3H3,(H,11,12,13). The quantitative estimate of drug-likeness (QED) is 0.552. The Labute approximate surface area is 84.3 Å². The number of aryl methyl sites for hydroxylation is 1. The molecule has 14 heavy (non-hydrogen) atoms. The summed E-state index contributed by atoms with van der Waals surface area (Å²) in [5.74, 6) is 6.63. The molecule has 3 N–H and O–H groups in total. The minimum atomic E-state index is 0.452. The maximum Gasteiger partial charge on any atom is 0.239 e. The van der Waals surface area contributed by atoms with Gasteiger partial charge in [0.1, 0.15) is 5.82 Å². The highest BCUT2D eigenvalue weighted by atomic mass is 15.3. The van der Waals surface area contributed by atoms with Crippen molar-refractivity contribution in [3.05, 3.63) is 11.8 Å². The van der Waals surface area contributed by atoms with Crippen LogP contribution in [0, 0.1) is 6.92 Å². The van der Waals surface area contributed by atoms with Crippen LogP contribution < -0.4 is 16.2 Å². The van der Waals surface area contributed by atoms with Crippen LogP contribution >= 0.6 is 0 Å². The predicted octanol–water partition coefficient (Wildman–Crippen LogP) is 0.917. The number of nitrogens with zero attached hydrogens (tertiary/aromatic N) is 3. The number of hydrogen-bond acceptors (Lipinski definition) is 5. The highest BCUT2D eigenvalue weighted by Crippen LogP contribution is 2.16. The van der Waals surface area contributed by atoms with Crippen LogP contribution in [-0.4, -0.2) is 23.6 Å². The van der Waals surface area contributed by atoms with Gasteiger partial charge in [0, 0.05) is 25.4 Å². The van der Waals surface area contributed by atoms with Gasteiger partial charge in [-0.2, -0.15) is 4.98 Å². The van der Waals surface area contributed by atoms with E-state index in [-0.39, 0.29) is 0 Å². The monoisotopic (exact) mass is 195 g/mol. The lowest BCUT2D eigenvalue weighted by molar-refractivity contribution is 0.830. The van der Waals surface area contributed by atoms with Crippen LogP contribution in [0.2, 0.25) is 0 Å². The summed E-state index contributed by atoms with van der Waals surface area (Å²) in [5.41, 5.74) is 3.50.